The van der Waals surface area contributed by atoms with Crippen molar-refractivity contribution in [2.45, 2.75) is 19.9 Å². The molecule has 1 aromatic heterocycles. The fourth-order valence-corrected chi connectivity index (χ4v) is 2.49. The van der Waals surface area contributed by atoms with Crippen LogP contribution in [0.4, 0.5) is 0 Å². The van der Waals surface area contributed by atoms with Crippen molar-refractivity contribution < 1.29 is 0 Å². The predicted molar refractivity (Wildman–Crippen MR) is 77.9 cm³/mol. The van der Waals surface area contributed by atoms with Crippen LogP contribution in [-0.4, -0.2) is 9.36 Å². The zero-order chi connectivity index (χ0) is 13.4. The fraction of sp³-hybridized carbons (Fsp3) is 0.188. The molecule has 1 heterocycles. The molecule has 0 saturated heterocycles. The summed E-state index contributed by atoms with van der Waals surface area (Å²) in [5.41, 5.74) is 1.92. The maximum atomic E-state index is 12.6. The van der Waals surface area contributed by atoms with Crippen molar-refractivity contribution in [2.75, 3.05) is 0 Å². The summed E-state index contributed by atoms with van der Waals surface area (Å²) in [5.74, 6) is 0. The van der Waals surface area contributed by atoms with Crippen LogP contribution < -0.4 is 5.56 Å². The van der Waals surface area contributed by atoms with E-state index in [-0.39, 0.29) is 11.6 Å². The van der Waals surface area contributed by atoms with E-state index in [0.717, 1.165) is 16.6 Å². The molecule has 3 rings (SSSR count). The molecule has 0 aliphatic heterocycles. The predicted octanol–water partition coefficient (Wildman–Crippen LogP) is 3.37. The van der Waals surface area contributed by atoms with E-state index < -0.39 is 0 Å². The summed E-state index contributed by atoms with van der Waals surface area (Å²) in [5, 5.41) is 0.764. The minimum atomic E-state index is 0.0375. The number of para-hydroxylation sites is 2. The SMILES string of the molecule is CC(C)n1c2ccccc2c(=O)n1-c1ccccc1. The first-order valence-electron chi connectivity index (χ1n) is 6.48. The number of hydrogen-bond acceptors (Lipinski definition) is 1. The number of aromatic nitrogens is 2. The van der Waals surface area contributed by atoms with Crippen LogP contribution in [0.2, 0.25) is 0 Å². The van der Waals surface area contributed by atoms with Crippen LogP contribution in [0.5, 0.6) is 0 Å². The monoisotopic (exact) mass is 252 g/mol. The summed E-state index contributed by atoms with van der Waals surface area (Å²) >= 11 is 0. The fourth-order valence-electron chi connectivity index (χ4n) is 2.49. The van der Waals surface area contributed by atoms with E-state index in [9.17, 15) is 4.79 Å². The van der Waals surface area contributed by atoms with Crippen LogP contribution in [-0.2, 0) is 0 Å². The Morgan fingerprint density at radius 1 is 0.895 bits per heavy atom. The maximum Gasteiger partial charge on any atom is 0.279 e. The smallest absolute Gasteiger partial charge is 0.275 e. The molecule has 96 valence electrons. The highest BCUT2D eigenvalue weighted by molar-refractivity contribution is 5.79. The van der Waals surface area contributed by atoms with Crippen molar-refractivity contribution >= 4 is 10.9 Å². The summed E-state index contributed by atoms with van der Waals surface area (Å²) in [4.78, 5) is 12.6. The minimum absolute atomic E-state index is 0.0375. The first-order chi connectivity index (χ1) is 9.20. The van der Waals surface area contributed by atoms with Gasteiger partial charge in [0.15, 0.2) is 0 Å². The molecular formula is C16H16N2O. The highest BCUT2D eigenvalue weighted by atomic mass is 16.1. The van der Waals surface area contributed by atoms with Crippen LogP contribution in [0.15, 0.2) is 59.4 Å². The average molecular weight is 252 g/mol. The normalized spacial score (nSPS) is 11.3. The second-order valence-electron chi connectivity index (χ2n) is 4.91. The Hall–Kier alpha value is -2.29. The standard InChI is InChI=1S/C16H16N2O/c1-12(2)17-15-11-7-6-10-14(15)16(19)18(17)13-8-4-3-5-9-13/h3-12H,1-2H3. The number of fused-ring (bicyclic) bond motifs is 1. The second-order valence-corrected chi connectivity index (χ2v) is 4.91. The largest absolute Gasteiger partial charge is 0.279 e. The first kappa shape index (κ1) is 11.8. The lowest BCUT2D eigenvalue weighted by Gasteiger charge is -2.16. The zero-order valence-corrected chi connectivity index (χ0v) is 11.1. The van der Waals surface area contributed by atoms with Gasteiger partial charge in [0.2, 0.25) is 0 Å². The first-order valence-corrected chi connectivity index (χ1v) is 6.48. The third-order valence-corrected chi connectivity index (χ3v) is 3.28. The zero-order valence-electron chi connectivity index (χ0n) is 11.1. The van der Waals surface area contributed by atoms with Crippen LogP contribution in [0.25, 0.3) is 16.6 Å². The number of rotatable bonds is 2. The number of benzene rings is 2. The van der Waals surface area contributed by atoms with Crippen LogP contribution in [0.3, 0.4) is 0 Å². The van der Waals surface area contributed by atoms with Gasteiger partial charge in [-0.05, 0) is 38.1 Å². The van der Waals surface area contributed by atoms with Gasteiger partial charge < -0.3 is 0 Å². The van der Waals surface area contributed by atoms with Gasteiger partial charge >= 0.3 is 0 Å². The Balaban J connectivity index is 2.45. The minimum Gasteiger partial charge on any atom is -0.275 e. The molecule has 0 atom stereocenters. The molecule has 0 radical (unpaired) electrons. The van der Waals surface area contributed by atoms with E-state index in [1.165, 1.54) is 0 Å². The summed E-state index contributed by atoms with van der Waals surface area (Å²) < 4.78 is 3.81. The molecule has 2 aromatic carbocycles. The van der Waals surface area contributed by atoms with E-state index in [2.05, 4.69) is 13.8 Å². The summed E-state index contributed by atoms with van der Waals surface area (Å²) in [7, 11) is 0. The van der Waals surface area contributed by atoms with Gasteiger partial charge in [-0.2, -0.15) is 0 Å². The molecule has 0 N–H and O–H groups in total. The number of hydrogen-bond donors (Lipinski definition) is 0. The number of nitrogens with zero attached hydrogens (tertiary/aromatic N) is 2. The van der Waals surface area contributed by atoms with Crippen molar-refractivity contribution in [3.8, 4) is 5.69 Å². The molecule has 0 bridgehead atoms. The third-order valence-electron chi connectivity index (χ3n) is 3.28. The van der Waals surface area contributed by atoms with E-state index in [0.29, 0.717) is 0 Å². The lowest BCUT2D eigenvalue weighted by Crippen LogP contribution is -2.22. The average Bonchev–Trinajstić information content (AvgIpc) is 2.74. The van der Waals surface area contributed by atoms with Crippen LogP contribution in [0.1, 0.15) is 19.9 Å². The van der Waals surface area contributed by atoms with Gasteiger partial charge in [-0.15, -0.1) is 0 Å². The van der Waals surface area contributed by atoms with E-state index in [4.69, 9.17) is 0 Å². The third kappa shape index (κ3) is 1.78. The van der Waals surface area contributed by atoms with Gasteiger partial charge in [0, 0.05) is 6.04 Å². The van der Waals surface area contributed by atoms with Gasteiger partial charge in [0.05, 0.1) is 16.6 Å². The van der Waals surface area contributed by atoms with E-state index in [1.807, 2.05) is 59.3 Å². The quantitative estimate of drug-likeness (QED) is 0.687. The van der Waals surface area contributed by atoms with Crippen molar-refractivity contribution in [3.63, 3.8) is 0 Å². The Labute approximate surface area is 111 Å². The molecule has 0 spiro atoms. The Morgan fingerprint density at radius 2 is 1.53 bits per heavy atom. The van der Waals surface area contributed by atoms with Gasteiger partial charge in [-0.1, -0.05) is 30.3 Å². The van der Waals surface area contributed by atoms with Crippen LogP contribution in [0, 0.1) is 0 Å². The molecule has 0 saturated carbocycles. The van der Waals surface area contributed by atoms with Crippen molar-refractivity contribution in [1.29, 1.82) is 0 Å². The maximum absolute atomic E-state index is 12.6. The van der Waals surface area contributed by atoms with Crippen molar-refractivity contribution in [3.05, 3.63) is 65.0 Å². The Kier molecular flexibility index (Phi) is 2.75. The molecule has 3 nitrogen and oxygen atoms in total. The lowest BCUT2D eigenvalue weighted by molar-refractivity contribution is 0.494. The van der Waals surface area contributed by atoms with Gasteiger partial charge in [-0.3, -0.25) is 9.48 Å². The molecular weight excluding hydrogens is 236 g/mol. The Morgan fingerprint density at radius 3 is 2.21 bits per heavy atom. The van der Waals surface area contributed by atoms with Crippen molar-refractivity contribution in [1.82, 2.24) is 9.36 Å². The topological polar surface area (TPSA) is 26.9 Å². The second kappa shape index (κ2) is 4.43. The van der Waals surface area contributed by atoms with Crippen molar-refractivity contribution in [2.24, 2.45) is 0 Å². The molecule has 3 aromatic rings. The van der Waals surface area contributed by atoms with Gasteiger partial charge in [-0.25, -0.2) is 4.68 Å². The molecule has 0 amide bonds. The summed E-state index contributed by atoms with van der Waals surface area (Å²) in [6, 6.07) is 17.7. The Bertz CT molecular complexity index is 766. The van der Waals surface area contributed by atoms with Gasteiger partial charge in [0.1, 0.15) is 0 Å². The van der Waals surface area contributed by atoms with E-state index in [1.54, 1.807) is 4.68 Å². The van der Waals surface area contributed by atoms with Crippen LogP contribution >= 0.6 is 0 Å². The molecule has 3 heteroatoms. The summed E-state index contributed by atoms with van der Waals surface area (Å²) in [6.45, 7) is 4.18. The molecule has 19 heavy (non-hydrogen) atoms. The highest BCUT2D eigenvalue weighted by Gasteiger charge is 2.15. The summed E-state index contributed by atoms with van der Waals surface area (Å²) in [6.07, 6.45) is 0. The molecule has 0 aliphatic rings. The molecule has 0 aliphatic carbocycles. The molecule has 0 fully saturated rings. The molecule has 0 unspecified atom stereocenters. The highest BCUT2D eigenvalue weighted by Crippen LogP contribution is 2.19. The van der Waals surface area contributed by atoms with E-state index >= 15 is 0 Å². The van der Waals surface area contributed by atoms with Gasteiger partial charge in [0.25, 0.3) is 5.56 Å². The lowest BCUT2D eigenvalue weighted by atomic mass is 10.2.